The molecule has 1 aromatic heterocycles. The van der Waals surface area contributed by atoms with E-state index >= 15 is 0 Å². The minimum atomic E-state index is 0.290. The summed E-state index contributed by atoms with van der Waals surface area (Å²) in [6, 6.07) is 11.5. The van der Waals surface area contributed by atoms with Crippen LogP contribution in [-0.2, 0) is 13.1 Å². The lowest BCUT2D eigenvalue weighted by Crippen LogP contribution is -2.12. The first-order chi connectivity index (χ1) is 12.2. The molecule has 0 aliphatic carbocycles. The average molecular weight is 393 g/mol. The number of rotatable bonds is 5. The molecule has 4 rings (SSSR count). The van der Waals surface area contributed by atoms with Gasteiger partial charge in [-0.3, -0.25) is 0 Å². The largest absolute Gasteiger partial charge is 0.454 e. The van der Waals surface area contributed by atoms with Crippen LogP contribution in [0, 0.1) is 0 Å². The third-order valence-corrected chi connectivity index (χ3v) is 5.45. The first kappa shape index (κ1) is 16.7. The third-order valence-electron chi connectivity index (χ3n) is 3.81. The molecule has 0 atom stereocenters. The molecule has 0 saturated heterocycles. The van der Waals surface area contributed by atoms with Gasteiger partial charge in [-0.1, -0.05) is 35.3 Å². The molecule has 3 aromatic rings. The topological polar surface area (TPSA) is 43.4 Å². The Labute approximate surface area is 159 Å². The van der Waals surface area contributed by atoms with E-state index in [9.17, 15) is 0 Å². The molecule has 25 heavy (non-hydrogen) atoms. The number of aromatic nitrogens is 1. The quantitative estimate of drug-likeness (QED) is 0.652. The van der Waals surface area contributed by atoms with Crippen molar-refractivity contribution in [3.8, 4) is 21.9 Å². The number of hydrogen-bond donors (Lipinski definition) is 1. The molecule has 0 saturated carbocycles. The van der Waals surface area contributed by atoms with Crippen molar-refractivity contribution in [3.63, 3.8) is 0 Å². The zero-order valence-corrected chi connectivity index (χ0v) is 15.4. The summed E-state index contributed by atoms with van der Waals surface area (Å²) in [6.07, 6.45) is 1.81. The summed E-state index contributed by atoms with van der Waals surface area (Å²) in [7, 11) is 0. The van der Waals surface area contributed by atoms with Gasteiger partial charge in [0, 0.05) is 24.8 Å². The van der Waals surface area contributed by atoms with Gasteiger partial charge in [0.1, 0.15) is 5.01 Å². The van der Waals surface area contributed by atoms with Crippen LogP contribution in [0.15, 0.2) is 42.6 Å². The lowest BCUT2D eigenvalue weighted by Gasteiger charge is -2.04. The van der Waals surface area contributed by atoms with Gasteiger partial charge in [0.25, 0.3) is 0 Å². The molecule has 128 valence electrons. The molecule has 4 nitrogen and oxygen atoms in total. The first-order valence-electron chi connectivity index (χ1n) is 7.69. The van der Waals surface area contributed by atoms with Crippen molar-refractivity contribution < 1.29 is 9.47 Å². The molecular weight excluding hydrogens is 379 g/mol. The van der Waals surface area contributed by atoms with Crippen LogP contribution in [0.3, 0.4) is 0 Å². The maximum absolute atomic E-state index is 6.26. The van der Waals surface area contributed by atoms with Crippen molar-refractivity contribution >= 4 is 34.5 Å². The number of benzene rings is 2. The van der Waals surface area contributed by atoms with Gasteiger partial charge in [0.2, 0.25) is 6.79 Å². The summed E-state index contributed by atoms with van der Waals surface area (Å²) >= 11 is 14.1. The lowest BCUT2D eigenvalue weighted by molar-refractivity contribution is 0.174. The Balaban J connectivity index is 1.40. The molecule has 2 aromatic carbocycles. The van der Waals surface area contributed by atoms with E-state index in [1.165, 1.54) is 0 Å². The Morgan fingerprint density at radius 2 is 1.84 bits per heavy atom. The van der Waals surface area contributed by atoms with Crippen molar-refractivity contribution in [3.05, 3.63) is 63.2 Å². The number of nitrogens with one attached hydrogen (secondary N) is 1. The van der Waals surface area contributed by atoms with E-state index in [1.54, 1.807) is 11.3 Å². The highest BCUT2D eigenvalue weighted by atomic mass is 35.5. The number of hydrogen-bond acceptors (Lipinski definition) is 5. The Morgan fingerprint density at radius 3 is 2.68 bits per heavy atom. The van der Waals surface area contributed by atoms with Gasteiger partial charge in [-0.2, -0.15) is 0 Å². The molecule has 1 aliphatic rings. The highest BCUT2D eigenvalue weighted by Gasteiger charge is 2.14. The second-order valence-corrected chi connectivity index (χ2v) is 7.44. The van der Waals surface area contributed by atoms with E-state index < -0.39 is 0 Å². The van der Waals surface area contributed by atoms with Crippen LogP contribution in [0.2, 0.25) is 10.0 Å². The summed E-state index contributed by atoms with van der Waals surface area (Å²) in [5.74, 6) is 1.59. The Hall–Kier alpha value is -1.79. The van der Waals surface area contributed by atoms with Gasteiger partial charge in [-0.05, 0) is 29.8 Å². The summed E-state index contributed by atoms with van der Waals surface area (Å²) < 4.78 is 10.7. The minimum Gasteiger partial charge on any atom is -0.454 e. The van der Waals surface area contributed by atoms with E-state index in [2.05, 4.69) is 10.3 Å². The van der Waals surface area contributed by atoms with Crippen molar-refractivity contribution in [2.24, 2.45) is 0 Å². The summed E-state index contributed by atoms with van der Waals surface area (Å²) in [5.41, 5.74) is 1.97. The van der Waals surface area contributed by atoms with E-state index in [4.69, 9.17) is 32.7 Å². The van der Waals surface area contributed by atoms with Crippen LogP contribution in [0.1, 0.15) is 10.6 Å². The number of fused-ring (bicyclic) bond motifs is 1. The maximum Gasteiger partial charge on any atom is 0.231 e. The fourth-order valence-electron chi connectivity index (χ4n) is 2.61. The fraction of sp³-hybridized carbons (Fsp3) is 0.167. The first-order valence-corrected chi connectivity index (χ1v) is 9.26. The van der Waals surface area contributed by atoms with Crippen LogP contribution in [0.25, 0.3) is 10.4 Å². The smallest absolute Gasteiger partial charge is 0.231 e. The van der Waals surface area contributed by atoms with Crippen LogP contribution in [0.5, 0.6) is 11.5 Å². The van der Waals surface area contributed by atoms with Gasteiger partial charge < -0.3 is 14.8 Å². The second kappa shape index (κ2) is 7.22. The lowest BCUT2D eigenvalue weighted by atomic mass is 10.2. The monoisotopic (exact) mass is 392 g/mol. The van der Waals surface area contributed by atoms with Crippen LogP contribution in [-0.4, -0.2) is 11.8 Å². The second-order valence-electron chi connectivity index (χ2n) is 5.51. The van der Waals surface area contributed by atoms with Crippen LogP contribution >= 0.6 is 34.5 Å². The van der Waals surface area contributed by atoms with Gasteiger partial charge in [-0.25, -0.2) is 4.98 Å². The number of halogens is 2. The molecule has 0 fully saturated rings. The van der Waals surface area contributed by atoms with Crippen molar-refractivity contribution in [2.75, 3.05) is 6.79 Å². The Bertz CT molecular complexity index is 894. The van der Waals surface area contributed by atoms with Crippen LogP contribution in [0.4, 0.5) is 0 Å². The van der Waals surface area contributed by atoms with Gasteiger partial charge in [0.15, 0.2) is 11.5 Å². The fourth-order valence-corrected chi connectivity index (χ4v) is 4.28. The standard InChI is InChI=1S/C18H14Cl2N2O2S/c19-12-2-1-3-13(20)18(12)16-8-22-17(25-16)9-21-7-11-4-5-14-15(6-11)24-10-23-14/h1-6,8,21H,7,9-10H2. The average Bonchev–Trinajstić information content (AvgIpc) is 3.24. The highest BCUT2D eigenvalue weighted by Crippen LogP contribution is 2.37. The molecular formula is C18H14Cl2N2O2S. The maximum atomic E-state index is 6.26. The van der Waals surface area contributed by atoms with E-state index in [0.29, 0.717) is 23.4 Å². The molecule has 0 spiro atoms. The Morgan fingerprint density at radius 1 is 1.04 bits per heavy atom. The van der Waals surface area contributed by atoms with Crippen molar-refractivity contribution in [1.82, 2.24) is 10.3 Å². The number of nitrogens with zero attached hydrogens (tertiary/aromatic N) is 1. The molecule has 0 bridgehead atoms. The predicted molar refractivity (Wildman–Crippen MR) is 101 cm³/mol. The molecule has 0 unspecified atom stereocenters. The van der Waals surface area contributed by atoms with Gasteiger partial charge in [0.05, 0.1) is 14.9 Å². The number of thiazole rings is 1. The van der Waals surface area contributed by atoms with Crippen molar-refractivity contribution in [1.29, 1.82) is 0 Å². The SMILES string of the molecule is Clc1cccc(Cl)c1-c1cnc(CNCc2ccc3c(c2)OCO3)s1. The zero-order chi connectivity index (χ0) is 17.2. The normalized spacial score (nSPS) is 12.6. The molecule has 0 amide bonds. The number of ether oxygens (including phenoxy) is 2. The van der Waals surface area contributed by atoms with E-state index in [1.807, 2.05) is 42.6 Å². The highest BCUT2D eigenvalue weighted by molar-refractivity contribution is 7.15. The summed E-state index contributed by atoms with van der Waals surface area (Å²) in [4.78, 5) is 5.43. The molecule has 7 heteroatoms. The minimum absolute atomic E-state index is 0.290. The Kier molecular flexibility index (Phi) is 4.81. The van der Waals surface area contributed by atoms with E-state index in [-0.39, 0.29) is 0 Å². The van der Waals surface area contributed by atoms with Crippen LogP contribution < -0.4 is 14.8 Å². The third kappa shape index (κ3) is 3.60. The van der Waals surface area contributed by atoms with E-state index in [0.717, 1.165) is 39.1 Å². The molecule has 2 heterocycles. The van der Waals surface area contributed by atoms with Gasteiger partial charge >= 0.3 is 0 Å². The molecule has 1 aliphatic heterocycles. The molecule has 1 N–H and O–H groups in total. The zero-order valence-electron chi connectivity index (χ0n) is 13.1. The summed E-state index contributed by atoms with van der Waals surface area (Å²) in [6.45, 7) is 1.68. The summed E-state index contributed by atoms with van der Waals surface area (Å²) in [5, 5.41) is 5.64. The van der Waals surface area contributed by atoms with Gasteiger partial charge in [-0.15, -0.1) is 11.3 Å². The molecule has 0 radical (unpaired) electrons. The van der Waals surface area contributed by atoms with Crippen molar-refractivity contribution in [2.45, 2.75) is 13.1 Å². The predicted octanol–water partition coefficient (Wildman–Crippen LogP) is 5.14.